The summed E-state index contributed by atoms with van der Waals surface area (Å²) in [6.07, 6.45) is 8.05. The summed E-state index contributed by atoms with van der Waals surface area (Å²) >= 11 is 0. The van der Waals surface area contributed by atoms with Crippen molar-refractivity contribution >= 4 is 29.9 Å². The summed E-state index contributed by atoms with van der Waals surface area (Å²) in [6.45, 7) is 4.66. The van der Waals surface area contributed by atoms with E-state index < -0.39 is 0 Å². The summed E-state index contributed by atoms with van der Waals surface area (Å²) in [7, 11) is 1.81. The first-order chi connectivity index (χ1) is 11.3. The molecule has 0 saturated heterocycles. The van der Waals surface area contributed by atoms with Gasteiger partial charge in [0.05, 0.1) is 6.10 Å². The molecule has 1 fully saturated rings. The monoisotopic (exact) mass is 445 g/mol. The molecule has 4 nitrogen and oxygen atoms in total. The Hall–Kier alpha value is -0.820. The van der Waals surface area contributed by atoms with E-state index in [0.717, 1.165) is 32.1 Å². The molecule has 1 saturated carbocycles. The lowest BCUT2D eigenvalue weighted by atomic mass is 9.98. The number of nitrogens with one attached hydrogen (secondary N) is 2. The van der Waals surface area contributed by atoms with E-state index in [9.17, 15) is 0 Å². The average molecular weight is 445 g/mol. The van der Waals surface area contributed by atoms with Gasteiger partial charge in [-0.25, -0.2) is 0 Å². The Morgan fingerprint density at radius 3 is 2.62 bits per heavy atom. The fourth-order valence-electron chi connectivity index (χ4n) is 2.97. The zero-order chi connectivity index (χ0) is 16.3. The standard InChI is InChI=1S/C19H31N3O.HI/c1-16-9-6-7-10-17(16)15-22-19(20-2)21-13-8-14-23-18-11-4-3-5-12-18;/h6-7,9-10,18H,3-5,8,11-15H2,1-2H3,(H2,20,21,22);1H. The summed E-state index contributed by atoms with van der Waals surface area (Å²) < 4.78 is 5.94. The minimum Gasteiger partial charge on any atom is -0.378 e. The first kappa shape index (κ1) is 21.2. The SMILES string of the molecule is CN=C(NCCCOC1CCCCC1)NCc1ccccc1C.I. The van der Waals surface area contributed by atoms with Gasteiger partial charge in [0, 0.05) is 26.7 Å². The smallest absolute Gasteiger partial charge is 0.191 e. The maximum atomic E-state index is 5.94. The summed E-state index contributed by atoms with van der Waals surface area (Å²) in [5.74, 6) is 0.853. The predicted octanol–water partition coefficient (Wildman–Crippen LogP) is 4.02. The second-order valence-electron chi connectivity index (χ2n) is 6.26. The quantitative estimate of drug-likeness (QED) is 0.289. The molecule has 2 N–H and O–H groups in total. The molecule has 136 valence electrons. The molecule has 2 rings (SSSR count). The molecule has 0 amide bonds. The minimum atomic E-state index is 0. The third kappa shape index (κ3) is 7.83. The normalized spacial score (nSPS) is 15.7. The molecule has 0 radical (unpaired) electrons. The first-order valence-electron chi connectivity index (χ1n) is 8.90. The molecule has 1 aromatic rings. The summed E-state index contributed by atoms with van der Waals surface area (Å²) in [4.78, 5) is 4.27. The molecule has 1 aromatic carbocycles. The lowest BCUT2D eigenvalue weighted by molar-refractivity contribution is 0.0277. The number of benzene rings is 1. The second kappa shape index (κ2) is 12.5. The van der Waals surface area contributed by atoms with Crippen molar-refractivity contribution in [2.75, 3.05) is 20.2 Å². The molecule has 1 aliphatic rings. The molecule has 0 spiro atoms. The van der Waals surface area contributed by atoms with Crippen molar-refractivity contribution in [2.24, 2.45) is 4.99 Å². The van der Waals surface area contributed by atoms with E-state index in [1.54, 1.807) is 0 Å². The third-order valence-electron chi connectivity index (χ3n) is 4.45. The van der Waals surface area contributed by atoms with Gasteiger partial charge < -0.3 is 15.4 Å². The number of hydrogen-bond donors (Lipinski definition) is 2. The van der Waals surface area contributed by atoms with E-state index in [1.807, 2.05) is 7.05 Å². The number of halogens is 1. The molecule has 0 bridgehead atoms. The third-order valence-corrected chi connectivity index (χ3v) is 4.45. The van der Waals surface area contributed by atoms with Crippen LogP contribution in [0.5, 0.6) is 0 Å². The molecule has 5 heteroatoms. The van der Waals surface area contributed by atoms with Crippen molar-refractivity contribution < 1.29 is 4.74 Å². The Labute approximate surface area is 163 Å². The van der Waals surface area contributed by atoms with Crippen molar-refractivity contribution in [3.8, 4) is 0 Å². The van der Waals surface area contributed by atoms with Crippen molar-refractivity contribution in [1.29, 1.82) is 0 Å². The molecule has 0 aliphatic heterocycles. The Balaban J connectivity index is 0.00000288. The van der Waals surface area contributed by atoms with Crippen LogP contribution in [0.2, 0.25) is 0 Å². The first-order valence-corrected chi connectivity index (χ1v) is 8.90. The maximum Gasteiger partial charge on any atom is 0.191 e. The van der Waals surface area contributed by atoms with Gasteiger partial charge in [-0.2, -0.15) is 0 Å². The van der Waals surface area contributed by atoms with Gasteiger partial charge in [-0.3, -0.25) is 4.99 Å². The topological polar surface area (TPSA) is 45.7 Å². The average Bonchev–Trinajstić information content (AvgIpc) is 2.59. The number of nitrogens with zero attached hydrogens (tertiary/aromatic N) is 1. The number of ether oxygens (including phenoxy) is 1. The number of hydrogen-bond acceptors (Lipinski definition) is 2. The lowest BCUT2D eigenvalue weighted by Crippen LogP contribution is -2.37. The van der Waals surface area contributed by atoms with Crippen LogP contribution in [-0.4, -0.2) is 32.3 Å². The highest BCUT2D eigenvalue weighted by Gasteiger charge is 2.12. The second-order valence-corrected chi connectivity index (χ2v) is 6.26. The van der Waals surface area contributed by atoms with Crippen molar-refractivity contribution in [3.05, 3.63) is 35.4 Å². The molecular formula is C19H32IN3O. The van der Waals surface area contributed by atoms with Gasteiger partial charge in [0.2, 0.25) is 0 Å². The number of aryl methyl sites for hydroxylation is 1. The van der Waals surface area contributed by atoms with Crippen molar-refractivity contribution in [1.82, 2.24) is 10.6 Å². The van der Waals surface area contributed by atoms with Crippen LogP contribution >= 0.6 is 24.0 Å². The van der Waals surface area contributed by atoms with Gasteiger partial charge in [0.25, 0.3) is 0 Å². The Bertz CT molecular complexity index is 487. The van der Waals surface area contributed by atoms with Crippen LogP contribution in [0.4, 0.5) is 0 Å². The van der Waals surface area contributed by atoms with E-state index in [1.165, 1.54) is 43.2 Å². The molecule has 0 atom stereocenters. The summed E-state index contributed by atoms with van der Waals surface area (Å²) in [6, 6.07) is 8.42. The Morgan fingerprint density at radius 2 is 1.92 bits per heavy atom. The van der Waals surface area contributed by atoms with Crippen LogP contribution in [0.25, 0.3) is 0 Å². The van der Waals surface area contributed by atoms with Crippen LogP contribution < -0.4 is 10.6 Å². The largest absolute Gasteiger partial charge is 0.378 e. The molecule has 0 aromatic heterocycles. The van der Waals surface area contributed by atoms with Gasteiger partial charge in [-0.05, 0) is 37.3 Å². The highest BCUT2D eigenvalue weighted by molar-refractivity contribution is 14.0. The molecule has 1 aliphatic carbocycles. The lowest BCUT2D eigenvalue weighted by Gasteiger charge is -2.22. The van der Waals surface area contributed by atoms with E-state index >= 15 is 0 Å². The molecule has 0 unspecified atom stereocenters. The maximum absolute atomic E-state index is 5.94. The van der Waals surface area contributed by atoms with Gasteiger partial charge in [0.15, 0.2) is 5.96 Å². The summed E-state index contributed by atoms with van der Waals surface area (Å²) in [5, 5.41) is 6.72. The van der Waals surface area contributed by atoms with E-state index in [0.29, 0.717) is 6.10 Å². The zero-order valence-electron chi connectivity index (χ0n) is 15.0. The van der Waals surface area contributed by atoms with Crippen LogP contribution in [0.1, 0.15) is 49.7 Å². The van der Waals surface area contributed by atoms with Gasteiger partial charge in [0.1, 0.15) is 0 Å². The van der Waals surface area contributed by atoms with Crippen LogP contribution in [0, 0.1) is 6.92 Å². The zero-order valence-corrected chi connectivity index (χ0v) is 17.3. The Kier molecular flexibility index (Phi) is 11.1. The highest BCUT2D eigenvalue weighted by atomic mass is 127. The van der Waals surface area contributed by atoms with E-state index in [-0.39, 0.29) is 24.0 Å². The van der Waals surface area contributed by atoms with Crippen LogP contribution in [0.3, 0.4) is 0 Å². The number of aliphatic imine (C=N–C) groups is 1. The molecular weight excluding hydrogens is 413 g/mol. The van der Waals surface area contributed by atoms with Crippen molar-refractivity contribution in [3.63, 3.8) is 0 Å². The van der Waals surface area contributed by atoms with Crippen LogP contribution in [0.15, 0.2) is 29.3 Å². The van der Waals surface area contributed by atoms with E-state index in [4.69, 9.17) is 4.74 Å². The van der Waals surface area contributed by atoms with Crippen LogP contribution in [-0.2, 0) is 11.3 Å². The molecule has 0 heterocycles. The fourth-order valence-corrected chi connectivity index (χ4v) is 2.97. The van der Waals surface area contributed by atoms with Gasteiger partial charge in [-0.1, -0.05) is 43.5 Å². The predicted molar refractivity (Wildman–Crippen MR) is 112 cm³/mol. The number of guanidine groups is 1. The van der Waals surface area contributed by atoms with E-state index in [2.05, 4.69) is 46.8 Å². The van der Waals surface area contributed by atoms with Gasteiger partial charge >= 0.3 is 0 Å². The summed E-state index contributed by atoms with van der Waals surface area (Å²) in [5.41, 5.74) is 2.60. The van der Waals surface area contributed by atoms with Crippen molar-refractivity contribution in [2.45, 2.75) is 58.1 Å². The molecule has 24 heavy (non-hydrogen) atoms. The number of rotatable bonds is 7. The fraction of sp³-hybridized carbons (Fsp3) is 0.632. The van der Waals surface area contributed by atoms with Gasteiger partial charge in [-0.15, -0.1) is 24.0 Å². The minimum absolute atomic E-state index is 0. The highest BCUT2D eigenvalue weighted by Crippen LogP contribution is 2.20. The Morgan fingerprint density at radius 1 is 1.17 bits per heavy atom.